The van der Waals surface area contributed by atoms with Gasteiger partial charge in [-0.15, -0.1) is 0 Å². The van der Waals surface area contributed by atoms with Gasteiger partial charge in [0.1, 0.15) is 30.4 Å². The van der Waals surface area contributed by atoms with Gasteiger partial charge in [-0.3, -0.25) is 9.05 Å². The lowest BCUT2D eigenvalue weighted by molar-refractivity contribution is -0.155. The largest absolute Gasteiger partial charge is 0.530 e. The lowest BCUT2D eigenvalue weighted by Crippen LogP contribution is -2.24. The quantitative estimate of drug-likeness (QED) is 0.167. The molecule has 0 N–H and O–H groups in total. The molecule has 39 heavy (non-hydrogen) atoms. The van der Waals surface area contributed by atoms with Crippen molar-refractivity contribution in [1.82, 2.24) is 5.16 Å². The van der Waals surface area contributed by atoms with Crippen molar-refractivity contribution in [1.29, 1.82) is 0 Å². The summed E-state index contributed by atoms with van der Waals surface area (Å²) in [6.07, 6.45) is -4.77. The van der Waals surface area contributed by atoms with Crippen molar-refractivity contribution in [2.75, 3.05) is 32.9 Å². The van der Waals surface area contributed by atoms with Crippen molar-refractivity contribution in [3.05, 3.63) is 64.0 Å². The standard InChI is InChI=1S/C26H29F3N3O6P/c1-24(2,3)23-22(34-16-25(23,4)5)17-8-9-18(19-15-21(37-32-19)26(27,28)29)20(14-17)38-39(33,35-12-10-30-6)36-13-11-31-7/h8-9,14-15H,10-13,16H2,1-5H3. The zero-order chi connectivity index (χ0) is 29.1. The van der Waals surface area contributed by atoms with Gasteiger partial charge < -0.3 is 23.5 Å². The van der Waals surface area contributed by atoms with E-state index in [0.29, 0.717) is 24.0 Å². The van der Waals surface area contributed by atoms with Crippen molar-refractivity contribution >= 4 is 13.6 Å². The third-order valence-corrected chi connectivity index (χ3v) is 7.07. The van der Waals surface area contributed by atoms with Crippen LogP contribution in [0.3, 0.4) is 0 Å². The predicted octanol–water partition coefficient (Wildman–Crippen LogP) is 7.53. The number of phosphoric acid groups is 1. The van der Waals surface area contributed by atoms with E-state index < -0.39 is 19.8 Å². The van der Waals surface area contributed by atoms with E-state index >= 15 is 0 Å². The molecule has 0 bridgehead atoms. The summed E-state index contributed by atoms with van der Waals surface area (Å²) < 4.78 is 79.9. The summed E-state index contributed by atoms with van der Waals surface area (Å²) in [7, 11) is -4.42. The van der Waals surface area contributed by atoms with E-state index in [-0.39, 0.29) is 54.1 Å². The summed E-state index contributed by atoms with van der Waals surface area (Å²) in [5.74, 6) is -0.925. The summed E-state index contributed by atoms with van der Waals surface area (Å²) in [5.41, 5.74) is 0.745. The highest BCUT2D eigenvalue weighted by Crippen LogP contribution is 2.54. The SMILES string of the molecule is [C-]#[N+]CCOP(=O)(OCC[N+]#[C-])Oc1cc(C2=C(C(C)(C)C)C(C)(C)CO2)ccc1-c1cc(C(F)(F)F)on1. The van der Waals surface area contributed by atoms with Crippen LogP contribution in [0.5, 0.6) is 5.75 Å². The maximum absolute atomic E-state index is 13.5. The fourth-order valence-corrected chi connectivity index (χ4v) is 5.56. The van der Waals surface area contributed by atoms with Gasteiger partial charge in [0.2, 0.25) is 18.8 Å². The fraction of sp³-hybridized carbons (Fsp3) is 0.500. The molecule has 0 saturated heterocycles. The Morgan fingerprint density at radius 2 is 1.69 bits per heavy atom. The summed E-state index contributed by atoms with van der Waals surface area (Å²) in [6, 6.07) is 5.24. The van der Waals surface area contributed by atoms with Gasteiger partial charge in [-0.2, -0.15) is 13.2 Å². The molecule has 0 spiro atoms. The van der Waals surface area contributed by atoms with Crippen molar-refractivity contribution in [2.24, 2.45) is 10.8 Å². The molecule has 0 amide bonds. The van der Waals surface area contributed by atoms with Crippen LogP contribution < -0.4 is 4.52 Å². The average molecular weight is 568 g/mol. The van der Waals surface area contributed by atoms with Crippen LogP contribution >= 0.6 is 7.82 Å². The first-order chi connectivity index (χ1) is 18.1. The van der Waals surface area contributed by atoms with Crippen LogP contribution in [0.25, 0.3) is 26.7 Å². The van der Waals surface area contributed by atoms with Crippen LogP contribution in [-0.4, -0.2) is 38.1 Å². The highest BCUT2D eigenvalue weighted by molar-refractivity contribution is 7.48. The molecule has 0 radical (unpaired) electrons. The van der Waals surface area contributed by atoms with Crippen LogP contribution in [0.2, 0.25) is 0 Å². The normalized spacial score (nSPS) is 15.5. The molecule has 1 aromatic heterocycles. The molecule has 13 heteroatoms. The Morgan fingerprint density at radius 3 is 2.21 bits per heavy atom. The average Bonchev–Trinajstić information content (AvgIpc) is 3.44. The minimum Gasteiger partial charge on any atom is -0.492 e. The Morgan fingerprint density at radius 1 is 1.08 bits per heavy atom. The number of phosphoric ester groups is 1. The molecule has 210 valence electrons. The first kappa shape index (κ1) is 30.2. The Kier molecular flexibility index (Phi) is 8.86. The number of ether oxygens (including phenoxy) is 1. The molecule has 2 aromatic rings. The molecule has 0 aliphatic carbocycles. The van der Waals surface area contributed by atoms with E-state index in [1.807, 2.05) is 34.6 Å². The first-order valence-electron chi connectivity index (χ1n) is 11.9. The maximum Gasteiger partial charge on any atom is 0.530 e. The van der Waals surface area contributed by atoms with Gasteiger partial charge in [-0.05, 0) is 23.1 Å². The monoisotopic (exact) mass is 567 g/mol. The van der Waals surface area contributed by atoms with E-state index in [9.17, 15) is 17.7 Å². The van der Waals surface area contributed by atoms with Crippen LogP contribution in [0.1, 0.15) is 45.9 Å². The number of hydrogen-bond donors (Lipinski definition) is 0. The molecule has 1 aliphatic rings. The van der Waals surface area contributed by atoms with Crippen molar-refractivity contribution in [3.63, 3.8) is 0 Å². The minimum atomic E-state index is -4.77. The third kappa shape index (κ3) is 7.21. The van der Waals surface area contributed by atoms with E-state index in [1.165, 1.54) is 12.1 Å². The van der Waals surface area contributed by atoms with Gasteiger partial charge in [0.25, 0.3) is 0 Å². The van der Waals surface area contributed by atoms with Gasteiger partial charge in [-0.1, -0.05) is 45.8 Å². The second kappa shape index (κ2) is 11.4. The fourth-order valence-electron chi connectivity index (χ4n) is 4.38. The number of halogens is 3. The summed E-state index contributed by atoms with van der Waals surface area (Å²) in [6.45, 7) is 23.6. The van der Waals surface area contributed by atoms with Crippen LogP contribution in [-0.2, 0) is 24.5 Å². The molecule has 0 saturated carbocycles. The van der Waals surface area contributed by atoms with Gasteiger partial charge in [-0.25, -0.2) is 17.7 Å². The molecule has 2 heterocycles. The van der Waals surface area contributed by atoms with Gasteiger partial charge in [0.05, 0.1) is 6.61 Å². The molecular formula is C26H29F3N3O6P. The number of benzene rings is 1. The van der Waals surface area contributed by atoms with Crippen LogP contribution in [0.15, 0.2) is 34.4 Å². The second-order valence-electron chi connectivity index (χ2n) is 10.4. The Bertz CT molecular complexity index is 1340. The molecule has 0 atom stereocenters. The summed E-state index contributed by atoms with van der Waals surface area (Å²) in [5, 5.41) is 3.53. The summed E-state index contributed by atoms with van der Waals surface area (Å²) in [4.78, 5) is 6.27. The van der Waals surface area contributed by atoms with Crippen molar-refractivity contribution in [2.45, 2.75) is 40.8 Å². The zero-order valence-electron chi connectivity index (χ0n) is 22.2. The Labute approximate surface area is 225 Å². The lowest BCUT2D eigenvalue weighted by atomic mass is 9.71. The number of alkyl halides is 3. The second-order valence-corrected chi connectivity index (χ2v) is 12.0. The molecule has 0 unspecified atom stereocenters. The predicted molar refractivity (Wildman–Crippen MR) is 136 cm³/mol. The Hall–Kier alpha value is -3.31. The van der Waals surface area contributed by atoms with Crippen molar-refractivity contribution < 1.29 is 40.6 Å². The number of hydrogen-bond acceptors (Lipinski definition) is 7. The van der Waals surface area contributed by atoms with E-state index in [1.54, 1.807) is 6.07 Å². The Balaban J connectivity index is 2.17. The van der Waals surface area contributed by atoms with E-state index in [0.717, 1.165) is 5.57 Å². The molecule has 1 aliphatic heterocycles. The highest BCUT2D eigenvalue weighted by atomic mass is 31.2. The van der Waals surface area contributed by atoms with Gasteiger partial charge in [0.15, 0.2) is 0 Å². The van der Waals surface area contributed by atoms with Crippen LogP contribution in [0.4, 0.5) is 13.2 Å². The number of nitrogens with zero attached hydrogens (tertiary/aromatic N) is 3. The lowest BCUT2D eigenvalue weighted by Gasteiger charge is -2.31. The molecule has 1 aromatic carbocycles. The summed E-state index contributed by atoms with van der Waals surface area (Å²) >= 11 is 0. The molecule has 3 rings (SSSR count). The maximum atomic E-state index is 13.5. The van der Waals surface area contributed by atoms with Crippen molar-refractivity contribution in [3.8, 4) is 17.0 Å². The minimum absolute atomic E-state index is 0.0240. The smallest absolute Gasteiger partial charge is 0.492 e. The third-order valence-electron chi connectivity index (χ3n) is 5.66. The molecule has 9 nitrogen and oxygen atoms in total. The van der Waals surface area contributed by atoms with E-state index in [2.05, 4.69) is 19.4 Å². The zero-order valence-corrected chi connectivity index (χ0v) is 23.1. The topological polar surface area (TPSA) is 88.7 Å². The van der Waals surface area contributed by atoms with E-state index in [4.69, 9.17) is 31.5 Å². The van der Waals surface area contributed by atoms with Crippen LogP contribution in [0, 0.1) is 24.0 Å². The first-order valence-corrected chi connectivity index (χ1v) is 13.4. The molecular weight excluding hydrogens is 538 g/mol. The number of rotatable bonds is 10. The van der Waals surface area contributed by atoms with Gasteiger partial charge in [0, 0.05) is 22.6 Å². The molecule has 0 fully saturated rings. The van der Waals surface area contributed by atoms with Gasteiger partial charge >= 0.3 is 14.0 Å². The number of aromatic nitrogens is 1. The highest BCUT2D eigenvalue weighted by Gasteiger charge is 2.42.